The first kappa shape index (κ1) is 12.9. The molecular weight excluding hydrogens is 233 g/mol. The molecule has 0 aliphatic heterocycles. The lowest BCUT2D eigenvalue weighted by atomic mass is 9.92. The van der Waals surface area contributed by atoms with Gasteiger partial charge in [-0.1, -0.05) is 13.8 Å². The van der Waals surface area contributed by atoms with Gasteiger partial charge in [0.2, 0.25) is 0 Å². The molecule has 0 heterocycles. The summed E-state index contributed by atoms with van der Waals surface area (Å²) in [6.45, 7) is 4.41. The minimum Gasteiger partial charge on any atom is -0.478 e. The highest BCUT2D eigenvalue weighted by molar-refractivity contribution is 5.94. The molecule has 1 aliphatic rings. The van der Waals surface area contributed by atoms with Gasteiger partial charge in [0.15, 0.2) is 0 Å². The Bertz CT molecular complexity index is 471. The van der Waals surface area contributed by atoms with Crippen molar-refractivity contribution in [1.29, 1.82) is 0 Å². The Kier molecular flexibility index (Phi) is 3.28. The maximum atomic E-state index is 13.1. The minimum atomic E-state index is -1.10. The molecule has 4 heteroatoms. The second kappa shape index (κ2) is 4.59. The molecule has 0 radical (unpaired) electrons. The third kappa shape index (κ3) is 2.81. The lowest BCUT2D eigenvalue weighted by Gasteiger charge is -2.19. The molecule has 2 N–H and O–H groups in total. The van der Waals surface area contributed by atoms with Gasteiger partial charge in [-0.25, -0.2) is 9.18 Å². The summed E-state index contributed by atoms with van der Waals surface area (Å²) < 4.78 is 13.1. The van der Waals surface area contributed by atoms with Crippen molar-refractivity contribution in [3.63, 3.8) is 0 Å². The monoisotopic (exact) mass is 251 g/mol. The Balaban J connectivity index is 2.17. The molecule has 1 aromatic carbocycles. The number of carboxylic acids is 1. The maximum absolute atomic E-state index is 13.1. The molecule has 3 nitrogen and oxygen atoms in total. The third-order valence-electron chi connectivity index (χ3n) is 3.54. The number of carbonyl (C=O) groups is 1. The largest absolute Gasteiger partial charge is 0.478 e. The summed E-state index contributed by atoms with van der Waals surface area (Å²) >= 11 is 0. The molecule has 1 fully saturated rings. The number of aromatic carboxylic acids is 1. The lowest BCUT2D eigenvalue weighted by molar-refractivity contribution is 0.0697. The highest BCUT2D eigenvalue weighted by Gasteiger charge is 2.31. The van der Waals surface area contributed by atoms with E-state index in [2.05, 4.69) is 19.2 Å². The third-order valence-corrected chi connectivity index (χ3v) is 3.54. The molecule has 2 rings (SSSR count). The van der Waals surface area contributed by atoms with Crippen LogP contribution in [0.5, 0.6) is 0 Å². The first-order chi connectivity index (χ1) is 8.37. The predicted molar refractivity (Wildman–Crippen MR) is 68.4 cm³/mol. The van der Waals surface area contributed by atoms with Gasteiger partial charge >= 0.3 is 5.97 Å². The number of anilines is 1. The van der Waals surface area contributed by atoms with Crippen LogP contribution in [0.3, 0.4) is 0 Å². The van der Waals surface area contributed by atoms with E-state index >= 15 is 0 Å². The average Bonchev–Trinajstić information content (AvgIpc) is 2.60. The summed E-state index contributed by atoms with van der Waals surface area (Å²) in [5.41, 5.74) is 0.799. The Morgan fingerprint density at radius 3 is 2.78 bits per heavy atom. The van der Waals surface area contributed by atoms with Crippen LogP contribution in [0.2, 0.25) is 0 Å². The molecule has 1 aliphatic carbocycles. The van der Waals surface area contributed by atoms with Crippen LogP contribution in [-0.4, -0.2) is 17.1 Å². The van der Waals surface area contributed by atoms with Crippen LogP contribution in [0.25, 0.3) is 0 Å². The molecule has 0 aromatic heterocycles. The number of halogens is 1. The van der Waals surface area contributed by atoms with Crippen LogP contribution in [0, 0.1) is 11.2 Å². The van der Waals surface area contributed by atoms with Crippen molar-refractivity contribution >= 4 is 11.7 Å². The standard InChI is InChI=1S/C14H18FNO2/c1-14(2)6-5-10(8-14)16-12-4-3-9(15)7-11(12)13(17)18/h3-4,7,10,16H,5-6,8H2,1-2H3,(H,17,18). The fourth-order valence-electron chi connectivity index (χ4n) is 2.60. The van der Waals surface area contributed by atoms with Crippen molar-refractivity contribution in [2.45, 2.75) is 39.2 Å². The zero-order valence-electron chi connectivity index (χ0n) is 10.7. The highest BCUT2D eigenvalue weighted by atomic mass is 19.1. The number of hydrogen-bond acceptors (Lipinski definition) is 2. The molecule has 1 saturated carbocycles. The molecule has 0 amide bonds. The molecule has 0 saturated heterocycles. The van der Waals surface area contributed by atoms with Gasteiger partial charge in [0.25, 0.3) is 0 Å². The predicted octanol–water partition coefficient (Wildman–Crippen LogP) is 3.51. The molecule has 0 spiro atoms. The maximum Gasteiger partial charge on any atom is 0.337 e. The van der Waals surface area contributed by atoms with E-state index in [1.807, 2.05) is 0 Å². The number of rotatable bonds is 3. The van der Waals surface area contributed by atoms with E-state index in [1.54, 1.807) is 0 Å². The summed E-state index contributed by atoms with van der Waals surface area (Å²) in [6.07, 6.45) is 3.14. The van der Waals surface area contributed by atoms with E-state index in [4.69, 9.17) is 5.11 Å². The van der Waals surface area contributed by atoms with Gasteiger partial charge in [-0.2, -0.15) is 0 Å². The van der Waals surface area contributed by atoms with E-state index in [9.17, 15) is 9.18 Å². The van der Waals surface area contributed by atoms with Gasteiger partial charge in [-0.05, 0) is 42.9 Å². The molecular formula is C14H18FNO2. The Labute approximate surface area is 106 Å². The summed E-state index contributed by atoms with van der Waals surface area (Å²) in [7, 11) is 0. The topological polar surface area (TPSA) is 49.3 Å². The SMILES string of the molecule is CC1(C)CCC(Nc2ccc(F)cc2C(=O)O)C1. The minimum absolute atomic E-state index is 0.000272. The summed E-state index contributed by atoms with van der Waals surface area (Å²) in [5.74, 6) is -1.63. The molecule has 0 bridgehead atoms. The van der Waals surface area contributed by atoms with Crippen LogP contribution in [0.15, 0.2) is 18.2 Å². The van der Waals surface area contributed by atoms with Crippen molar-refractivity contribution in [2.75, 3.05) is 5.32 Å². The van der Waals surface area contributed by atoms with Crippen molar-refractivity contribution in [3.05, 3.63) is 29.6 Å². The molecule has 18 heavy (non-hydrogen) atoms. The van der Waals surface area contributed by atoms with E-state index in [0.717, 1.165) is 25.3 Å². The number of benzene rings is 1. The molecule has 1 aromatic rings. The zero-order valence-corrected chi connectivity index (χ0v) is 10.7. The summed E-state index contributed by atoms with van der Waals surface area (Å²) in [5, 5.41) is 12.3. The van der Waals surface area contributed by atoms with E-state index in [-0.39, 0.29) is 11.6 Å². The van der Waals surface area contributed by atoms with Gasteiger partial charge in [0.05, 0.1) is 5.56 Å². The highest BCUT2D eigenvalue weighted by Crippen LogP contribution is 2.38. The van der Waals surface area contributed by atoms with Crippen LogP contribution in [0.4, 0.5) is 10.1 Å². The van der Waals surface area contributed by atoms with Crippen molar-refractivity contribution in [1.82, 2.24) is 0 Å². The molecule has 1 unspecified atom stereocenters. The molecule has 98 valence electrons. The van der Waals surface area contributed by atoms with Gasteiger partial charge < -0.3 is 10.4 Å². The van der Waals surface area contributed by atoms with Crippen LogP contribution in [0.1, 0.15) is 43.5 Å². The summed E-state index contributed by atoms with van der Waals surface area (Å²) in [4.78, 5) is 11.1. The van der Waals surface area contributed by atoms with Gasteiger partial charge in [-0.15, -0.1) is 0 Å². The fraction of sp³-hybridized carbons (Fsp3) is 0.500. The van der Waals surface area contributed by atoms with E-state index < -0.39 is 11.8 Å². The Morgan fingerprint density at radius 1 is 1.50 bits per heavy atom. The number of hydrogen-bond donors (Lipinski definition) is 2. The van der Waals surface area contributed by atoms with Crippen LogP contribution in [-0.2, 0) is 0 Å². The van der Waals surface area contributed by atoms with Crippen molar-refractivity contribution in [3.8, 4) is 0 Å². The average molecular weight is 251 g/mol. The molecule has 1 atom stereocenters. The van der Waals surface area contributed by atoms with Gasteiger partial charge in [-0.3, -0.25) is 0 Å². The second-order valence-electron chi connectivity index (χ2n) is 5.74. The smallest absolute Gasteiger partial charge is 0.337 e. The van der Waals surface area contributed by atoms with Gasteiger partial charge in [0.1, 0.15) is 5.82 Å². The van der Waals surface area contributed by atoms with E-state index in [0.29, 0.717) is 11.1 Å². The summed E-state index contributed by atoms with van der Waals surface area (Å²) in [6, 6.07) is 4.12. The first-order valence-electron chi connectivity index (χ1n) is 6.17. The van der Waals surface area contributed by atoms with Crippen LogP contribution < -0.4 is 5.32 Å². The second-order valence-corrected chi connectivity index (χ2v) is 5.74. The fourth-order valence-corrected chi connectivity index (χ4v) is 2.60. The Hall–Kier alpha value is -1.58. The van der Waals surface area contributed by atoms with Gasteiger partial charge in [0, 0.05) is 11.7 Å². The van der Waals surface area contributed by atoms with Crippen molar-refractivity contribution in [2.24, 2.45) is 5.41 Å². The number of nitrogens with one attached hydrogen (secondary N) is 1. The van der Waals surface area contributed by atoms with E-state index in [1.165, 1.54) is 12.1 Å². The van der Waals surface area contributed by atoms with Crippen LogP contribution >= 0.6 is 0 Å². The normalized spacial score (nSPS) is 21.8. The Morgan fingerprint density at radius 2 is 2.22 bits per heavy atom. The first-order valence-corrected chi connectivity index (χ1v) is 6.17. The zero-order chi connectivity index (χ0) is 13.3. The number of carboxylic acid groups (broad SMARTS) is 1. The quantitative estimate of drug-likeness (QED) is 0.864. The van der Waals surface area contributed by atoms with Crippen molar-refractivity contribution < 1.29 is 14.3 Å². The lowest BCUT2D eigenvalue weighted by Crippen LogP contribution is -2.19.